The van der Waals surface area contributed by atoms with Crippen LogP contribution < -0.4 is 15.5 Å². The fraction of sp³-hybridized carbons (Fsp3) is 0.115. The molecule has 0 fully saturated rings. The Labute approximate surface area is 222 Å². The van der Waals surface area contributed by atoms with E-state index < -0.39 is 17.8 Å². The van der Waals surface area contributed by atoms with E-state index in [9.17, 15) is 9.59 Å². The molecule has 38 heavy (non-hydrogen) atoms. The molecule has 1 aliphatic rings. The number of rotatable bonds is 7. The summed E-state index contributed by atoms with van der Waals surface area (Å²) in [6.07, 6.45) is 4.33. The lowest BCUT2D eigenvalue weighted by atomic mass is 10.1. The summed E-state index contributed by atoms with van der Waals surface area (Å²) in [6, 6.07) is 12.9. The summed E-state index contributed by atoms with van der Waals surface area (Å²) in [7, 11) is 1.72. The number of aryl methyl sites for hydroxylation is 1. The molecule has 5 rings (SSSR count). The molecule has 3 amide bonds. The predicted octanol–water partition coefficient (Wildman–Crippen LogP) is 5.14. The van der Waals surface area contributed by atoms with Crippen LogP contribution in [0.5, 0.6) is 0 Å². The predicted molar refractivity (Wildman–Crippen MR) is 142 cm³/mol. The van der Waals surface area contributed by atoms with Crippen LogP contribution in [0.4, 0.5) is 38.0 Å². The quantitative estimate of drug-likeness (QED) is 0.319. The highest BCUT2D eigenvalue weighted by atomic mass is 35.5. The Morgan fingerprint density at radius 1 is 1.24 bits per heavy atom. The second-order valence-electron chi connectivity index (χ2n) is 8.49. The first kappa shape index (κ1) is 24.9. The van der Waals surface area contributed by atoms with Gasteiger partial charge in [-0.15, -0.1) is 0 Å². The molecule has 2 N–H and O–H groups in total. The number of halogens is 2. The van der Waals surface area contributed by atoms with Crippen molar-refractivity contribution in [3.8, 4) is 0 Å². The van der Waals surface area contributed by atoms with Crippen molar-refractivity contribution in [1.82, 2.24) is 24.6 Å². The van der Waals surface area contributed by atoms with E-state index in [2.05, 4.69) is 32.3 Å². The smallest absolute Gasteiger partial charge is 0.322 e. The van der Waals surface area contributed by atoms with Crippen molar-refractivity contribution in [2.45, 2.75) is 13.1 Å². The van der Waals surface area contributed by atoms with Gasteiger partial charge in [0, 0.05) is 37.2 Å². The lowest BCUT2D eigenvalue weighted by Crippen LogP contribution is -2.45. The second kappa shape index (κ2) is 10.3. The van der Waals surface area contributed by atoms with Gasteiger partial charge in [-0.3, -0.25) is 9.48 Å². The number of benzene rings is 2. The van der Waals surface area contributed by atoms with Crippen molar-refractivity contribution in [2.75, 3.05) is 15.5 Å². The van der Waals surface area contributed by atoms with Gasteiger partial charge in [0.05, 0.1) is 17.9 Å². The summed E-state index contributed by atoms with van der Waals surface area (Å²) in [5.41, 5.74) is 2.18. The van der Waals surface area contributed by atoms with Crippen molar-refractivity contribution in [3.63, 3.8) is 0 Å². The number of carbonyl (C=O) groups is 2. The SMILES string of the molecule is C=CC(=O)Nc1ccc(F)c(N2C(=O)N(Cc3ccccc3)Cc3cnc(Nc4cn(C)nc4Cl)nc32)c1. The first-order valence-corrected chi connectivity index (χ1v) is 11.9. The molecule has 0 unspecified atom stereocenters. The van der Waals surface area contributed by atoms with Crippen LogP contribution in [0.3, 0.4) is 0 Å². The molecule has 0 radical (unpaired) electrons. The third kappa shape index (κ3) is 5.04. The van der Waals surface area contributed by atoms with Crippen molar-refractivity contribution in [1.29, 1.82) is 0 Å². The van der Waals surface area contributed by atoms with Crippen LogP contribution >= 0.6 is 11.6 Å². The molecular formula is C26H22ClFN8O2. The average Bonchev–Trinajstić information content (AvgIpc) is 3.22. The van der Waals surface area contributed by atoms with Gasteiger partial charge in [-0.25, -0.2) is 19.1 Å². The maximum absolute atomic E-state index is 15.3. The van der Waals surface area contributed by atoms with Crippen LogP contribution in [-0.2, 0) is 24.9 Å². The van der Waals surface area contributed by atoms with E-state index in [1.807, 2.05) is 30.3 Å². The van der Waals surface area contributed by atoms with E-state index in [0.29, 0.717) is 11.3 Å². The van der Waals surface area contributed by atoms with Crippen molar-refractivity contribution in [2.24, 2.45) is 7.05 Å². The first-order valence-electron chi connectivity index (χ1n) is 11.5. The number of nitrogens with one attached hydrogen (secondary N) is 2. The fourth-order valence-electron chi connectivity index (χ4n) is 4.03. The van der Waals surface area contributed by atoms with Crippen molar-refractivity contribution < 1.29 is 14.0 Å². The minimum absolute atomic E-state index is 0.0834. The zero-order valence-electron chi connectivity index (χ0n) is 20.2. The molecule has 1 aliphatic heterocycles. The molecule has 3 heterocycles. The lowest BCUT2D eigenvalue weighted by molar-refractivity contribution is -0.111. The largest absolute Gasteiger partial charge is 0.331 e. The summed E-state index contributed by atoms with van der Waals surface area (Å²) >= 11 is 6.16. The Kier molecular flexibility index (Phi) is 6.75. The number of amides is 3. The Balaban J connectivity index is 1.58. The van der Waals surface area contributed by atoms with Crippen molar-refractivity contribution >= 4 is 52.4 Å². The molecule has 0 bridgehead atoms. The summed E-state index contributed by atoms with van der Waals surface area (Å²) < 4.78 is 16.8. The van der Waals surface area contributed by atoms with E-state index in [-0.39, 0.29) is 41.4 Å². The number of nitrogens with zero attached hydrogens (tertiary/aromatic N) is 6. The molecule has 10 nitrogen and oxygen atoms in total. The second-order valence-corrected chi connectivity index (χ2v) is 8.85. The van der Waals surface area contributed by atoms with Gasteiger partial charge < -0.3 is 15.5 Å². The molecule has 2 aromatic heterocycles. The molecule has 0 aliphatic carbocycles. The number of carbonyl (C=O) groups excluding carboxylic acids is 2. The summed E-state index contributed by atoms with van der Waals surface area (Å²) in [5.74, 6) is -0.806. The zero-order valence-corrected chi connectivity index (χ0v) is 21.0. The molecule has 2 aromatic carbocycles. The Morgan fingerprint density at radius 3 is 2.74 bits per heavy atom. The molecule has 0 atom stereocenters. The standard InChI is InChI=1S/C26H22ClFN8O2/c1-3-22(37)30-18-9-10-19(28)21(11-18)36-24-17(14-35(26(36)38)13-16-7-5-4-6-8-16)12-29-25(32-24)31-20-15-34(2)33-23(20)27/h3-12,15H,1,13-14H2,2H3,(H,30,37)(H,29,31,32). The Morgan fingerprint density at radius 2 is 2.03 bits per heavy atom. The highest BCUT2D eigenvalue weighted by molar-refractivity contribution is 6.32. The van der Waals surface area contributed by atoms with Crippen LogP contribution in [0.1, 0.15) is 11.1 Å². The van der Waals surface area contributed by atoms with E-state index in [4.69, 9.17) is 11.6 Å². The van der Waals surface area contributed by atoms with Crippen LogP contribution in [0.25, 0.3) is 0 Å². The highest BCUT2D eigenvalue weighted by Crippen LogP contribution is 2.37. The molecule has 0 saturated carbocycles. The summed E-state index contributed by atoms with van der Waals surface area (Å²) in [6.45, 7) is 3.93. The summed E-state index contributed by atoms with van der Waals surface area (Å²) in [5, 5.41) is 9.87. The van der Waals surface area contributed by atoms with E-state index in [1.54, 1.807) is 24.3 Å². The minimum Gasteiger partial charge on any atom is -0.322 e. The molecular weight excluding hydrogens is 511 g/mol. The molecule has 4 aromatic rings. The number of aromatic nitrogens is 4. The van der Waals surface area contributed by atoms with Crippen LogP contribution in [0.15, 0.2) is 73.6 Å². The van der Waals surface area contributed by atoms with E-state index >= 15 is 4.39 Å². The van der Waals surface area contributed by atoms with Crippen LogP contribution in [0, 0.1) is 5.82 Å². The lowest BCUT2D eigenvalue weighted by Gasteiger charge is -2.36. The summed E-state index contributed by atoms with van der Waals surface area (Å²) in [4.78, 5) is 37.4. The van der Waals surface area contributed by atoms with Gasteiger partial charge in [-0.1, -0.05) is 48.5 Å². The number of urea groups is 1. The molecule has 0 spiro atoms. The molecule has 0 saturated heterocycles. The van der Waals surface area contributed by atoms with Gasteiger partial charge >= 0.3 is 6.03 Å². The Bertz CT molecular complexity index is 1540. The monoisotopic (exact) mass is 532 g/mol. The van der Waals surface area contributed by atoms with E-state index in [0.717, 1.165) is 11.6 Å². The number of hydrogen-bond donors (Lipinski definition) is 2. The maximum atomic E-state index is 15.3. The van der Waals surface area contributed by atoms with Crippen LogP contribution in [-0.4, -0.2) is 36.6 Å². The number of hydrogen-bond acceptors (Lipinski definition) is 6. The van der Waals surface area contributed by atoms with Crippen LogP contribution in [0.2, 0.25) is 5.15 Å². The van der Waals surface area contributed by atoms with E-state index in [1.165, 1.54) is 27.8 Å². The third-order valence-electron chi connectivity index (χ3n) is 5.76. The maximum Gasteiger partial charge on any atom is 0.331 e. The Hall–Kier alpha value is -4.77. The topological polar surface area (TPSA) is 108 Å². The van der Waals surface area contributed by atoms with Crippen molar-refractivity contribution in [3.05, 3.63) is 95.7 Å². The number of fused-ring (bicyclic) bond motifs is 1. The fourth-order valence-corrected chi connectivity index (χ4v) is 4.25. The van der Waals surface area contributed by atoms with Gasteiger partial charge in [0.15, 0.2) is 11.0 Å². The highest BCUT2D eigenvalue weighted by Gasteiger charge is 2.35. The zero-order chi connectivity index (χ0) is 26.8. The number of anilines is 5. The van der Waals surface area contributed by atoms with Gasteiger partial charge in [0.25, 0.3) is 0 Å². The van der Waals surface area contributed by atoms with Gasteiger partial charge in [0.1, 0.15) is 5.82 Å². The average molecular weight is 533 g/mol. The normalized spacial score (nSPS) is 12.8. The van der Waals surface area contributed by atoms with Gasteiger partial charge in [0.2, 0.25) is 11.9 Å². The van der Waals surface area contributed by atoms with Gasteiger partial charge in [-0.2, -0.15) is 10.1 Å². The minimum atomic E-state index is -0.675. The first-order chi connectivity index (χ1) is 18.3. The molecule has 192 valence electrons. The van der Waals surface area contributed by atoms with Gasteiger partial charge in [-0.05, 0) is 29.8 Å². The third-order valence-corrected chi connectivity index (χ3v) is 6.04. The molecule has 12 heteroatoms.